The number of ether oxygens (including phenoxy) is 3. The van der Waals surface area contributed by atoms with E-state index in [1.54, 1.807) is 0 Å². The maximum atomic E-state index is 6.69. The van der Waals surface area contributed by atoms with Crippen LogP contribution < -0.4 is 28.9 Å². The summed E-state index contributed by atoms with van der Waals surface area (Å²) in [6.07, 6.45) is 0. The number of fused-ring (bicyclic) bond motifs is 9. The van der Waals surface area contributed by atoms with Gasteiger partial charge in [0.15, 0.2) is 86.9 Å². The first-order valence-electron chi connectivity index (χ1n) is 48.0. The first-order chi connectivity index (χ1) is 71.8. The Morgan fingerprint density at radius 2 is 0.324 bits per heavy atom. The van der Waals surface area contributed by atoms with Crippen LogP contribution in [0.3, 0.4) is 0 Å². The first kappa shape index (κ1) is 86.6. The van der Waals surface area contributed by atoms with E-state index in [1.165, 1.54) is 0 Å². The number of hydrogen-bond acceptors (Lipinski definition) is 16. The van der Waals surface area contributed by atoms with E-state index in [0.717, 1.165) is 202 Å². The average molecular weight is 1870 g/mol. The maximum absolute atomic E-state index is 6.69. The van der Waals surface area contributed by atoms with Gasteiger partial charge in [-0.3, -0.25) is 0 Å². The number of furan rings is 1. The summed E-state index contributed by atoms with van der Waals surface area (Å²) < 4.78 is 25.7. The Morgan fingerprint density at radius 1 is 0.131 bits per heavy atom. The van der Waals surface area contributed by atoms with Crippen molar-refractivity contribution in [2.45, 2.75) is 0 Å². The average Bonchev–Trinajstić information content (AvgIpc) is 1.41. The lowest BCUT2D eigenvalue weighted by Gasteiger charge is -2.33. The Labute approximate surface area is 836 Å². The fourth-order valence-electron chi connectivity index (χ4n) is 18.8. The predicted octanol–water partition coefficient (Wildman–Crippen LogP) is 33.9. The van der Waals surface area contributed by atoms with Crippen molar-refractivity contribution < 1.29 is 18.6 Å². The van der Waals surface area contributed by atoms with Crippen LogP contribution in [0.5, 0.6) is 34.5 Å². The Hall–Kier alpha value is -20.0. The molecule has 4 aromatic heterocycles. The molecular weight excluding hydrogens is 1780 g/mol. The first-order valence-corrected chi connectivity index (χ1v) is 48.0. The molecule has 0 atom stereocenters. The van der Waals surface area contributed by atoms with Crippen molar-refractivity contribution in [3.63, 3.8) is 0 Å². The fraction of sp³-hybridized carbons (Fsp3) is 0. The van der Waals surface area contributed by atoms with Gasteiger partial charge in [-0.2, -0.15) is 0 Å². The van der Waals surface area contributed by atoms with E-state index in [4.69, 9.17) is 63.5 Å². The summed E-state index contributed by atoms with van der Waals surface area (Å²) in [5.74, 6) is 10.5. The highest BCUT2D eigenvalue weighted by Gasteiger charge is 2.32. The van der Waals surface area contributed by atoms with Crippen LogP contribution in [0, 0.1) is 0 Å². The zero-order chi connectivity index (χ0) is 96.3. The molecule has 16 heteroatoms. The molecule has 684 valence electrons. The number of nitrogens with zero attached hydrogens (tertiary/aromatic N) is 12. The molecule has 0 aliphatic carbocycles. The molecule has 0 saturated heterocycles. The summed E-state index contributed by atoms with van der Waals surface area (Å²) in [6, 6.07) is 173. The molecule has 27 rings (SSSR count). The molecule has 24 aromatic rings. The van der Waals surface area contributed by atoms with Crippen molar-refractivity contribution in [1.29, 1.82) is 0 Å². The third kappa shape index (κ3) is 17.6. The quantitative estimate of drug-likeness (QED) is 0.0895. The minimum Gasteiger partial charge on any atom is -0.456 e. The number of anilines is 9. The third-order valence-electron chi connectivity index (χ3n) is 26.0. The lowest BCUT2D eigenvalue weighted by atomic mass is 10.0. The van der Waals surface area contributed by atoms with Crippen LogP contribution in [0.2, 0.25) is 0 Å². The molecule has 145 heavy (non-hydrogen) atoms. The largest absolute Gasteiger partial charge is 0.456 e. The normalized spacial score (nSPS) is 11.8. The second-order valence-electron chi connectivity index (χ2n) is 35.1. The standard InChI is InChI=1S/C45H28N4O2.C45H30N4O.C39H26N4O/c1-3-11-29(12-4-1)43-46-44(30-13-5-2-6-14-30)48-45(47-43)31-19-23-34(24-20-31)49-37-16-8-10-18-41(37)51-42-28-33(21-25-38(42)49)32-22-26-40-36(27-32)35-15-7-9-17-39(35)50-40;1-5-13-31(14-6-1)36-23-27-39-41(29-36)50-42-30-37(32-15-7-2-8-16-32)24-28-40(42)49(39)38-25-21-35(22-26-38)45-47-43(33-17-9-3-10-18-33)46-44(48-45)34-19-11-4-12-20-34;1-4-12-27(13-5-1)31-22-25-34-36(26-31)44-35-19-11-10-18-33(35)43(34)32-23-20-30(21-24-32)39-41-37(28-14-6-2-7-15-28)40-38(42-39)29-16-8-3-9-17-29/h1-28H;1-30H;1-26H. The van der Waals surface area contributed by atoms with E-state index in [9.17, 15) is 0 Å². The third-order valence-corrected chi connectivity index (χ3v) is 26.0. The molecule has 0 bridgehead atoms. The number of aromatic nitrogens is 9. The van der Waals surface area contributed by atoms with Gasteiger partial charge < -0.3 is 33.3 Å². The lowest BCUT2D eigenvalue weighted by Crippen LogP contribution is -2.16. The minimum absolute atomic E-state index is 0.615. The van der Waals surface area contributed by atoms with Crippen molar-refractivity contribution in [3.8, 4) is 181 Å². The van der Waals surface area contributed by atoms with Crippen molar-refractivity contribution in [2.24, 2.45) is 0 Å². The second-order valence-corrected chi connectivity index (χ2v) is 35.1. The van der Waals surface area contributed by atoms with Crippen LogP contribution in [0.4, 0.5) is 51.2 Å². The summed E-state index contributed by atoms with van der Waals surface area (Å²) in [5.41, 5.74) is 27.8. The fourth-order valence-corrected chi connectivity index (χ4v) is 18.8. The van der Waals surface area contributed by atoms with Gasteiger partial charge in [-0.15, -0.1) is 0 Å². The SMILES string of the molecule is c1ccc(-c2ccc3c(c2)Oc2cc(-c4ccccc4)ccc2N3c2ccc(-c3nc(-c4ccccc4)nc(-c4ccccc4)n3)cc2)cc1.c1ccc(-c2ccc3c(c2)Oc2ccccc2N3c2ccc(-c3nc(-c4ccccc4)nc(-c4ccccc4)n3)cc2)cc1.c1ccc(-c2nc(-c3ccccc3)nc(-c3ccc(N4c5ccccc5Oc5cc(-c6ccc7oc8ccccc8c7c6)ccc54)cc3)n2)cc1. The van der Waals surface area contributed by atoms with Crippen molar-refractivity contribution in [2.75, 3.05) is 14.7 Å². The van der Waals surface area contributed by atoms with Crippen molar-refractivity contribution in [3.05, 3.63) is 510 Å². The van der Waals surface area contributed by atoms with Gasteiger partial charge in [0.25, 0.3) is 0 Å². The van der Waals surface area contributed by atoms with E-state index in [-0.39, 0.29) is 0 Å². The molecular formula is C129H84N12O4. The summed E-state index contributed by atoms with van der Waals surface area (Å²) >= 11 is 0. The molecule has 3 aliphatic rings. The molecule has 3 aliphatic heterocycles. The highest BCUT2D eigenvalue weighted by Crippen LogP contribution is 2.56. The van der Waals surface area contributed by atoms with Gasteiger partial charge in [0.1, 0.15) is 11.2 Å². The minimum atomic E-state index is 0.615. The zero-order valence-electron chi connectivity index (χ0n) is 78.0. The van der Waals surface area contributed by atoms with Crippen LogP contribution in [0.1, 0.15) is 0 Å². The van der Waals surface area contributed by atoms with Gasteiger partial charge in [-0.25, -0.2) is 44.9 Å². The predicted molar refractivity (Wildman–Crippen MR) is 582 cm³/mol. The summed E-state index contributed by atoms with van der Waals surface area (Å²) in [7, 11) is 0. The molecule has 16 nitrogen and oxygen atoms in total. The van der Waals surface area contributed by atoms with E-state index in [0.29, 0.717) is 52.4 Å². The lowest BCUT2D eigenvalue weighted by molar-refractivity contribution is 0.477. The summed E-state index contributed by atoms with van der Waals surface area (Å²) in [4.78, 5) is 50.8. The van der Waals surface area contributed by atoms with Gasteiger partial charge in [0, 0.05) is 77.9 Å². The monoisotopic (exact) mass is 1860 g/mol. The Kier molecular flexibility index (Phi) is 23.0. The van der Waals surface area contributed by atoms with Crippen LogP contribution in [-0.2, 0) is 0 Å². The van der Waals surface area contributed by atoms with E-state index in [2.05, 4.69) is 263 Å². The molecule has 7 heterocycles. The highest BCUT2D eigenvalue weighted by atomic mass is 16.5. The van der Waals surface area contributed by atoms with Crippen LogP contribution in [-0.4, -0.2) is 44.9 Å². The summed E-state index contributed by atoms with van der Waals surface area (Å²) in [5, 5.41) is 2.20. The molecule has 0 fully saturated rings. The molecule has 20 aromatic carbocycles. The molecule has 0 spiro atoms. The van der Waals surface area contributed by atoms with Crippen LogP contribution in [0.15, 0.2) is 514 Å². The van der Waals surface area contributed by atoms with Gasteiger partial charge >= 0.3 is 0 Å². The molecule has 0 unspecified atom stereocenters. The van der Waals surface area contributed by atoms with Crippen LogP contribution >= 0.6 is 0 Å². The van der Waals surface area contributed by atoms with Gasteiger partial charge in [0.2, 0.25) is 0 Å². The van der Waals surface area contributed by atoms with E-state index in [1.807, 2.05) is 261 Å². The Balaban J connectivity index is 0.000000114. The van der Waals surface area contributed by atoms with Crippen molar-refractivity contribution >= 4 is 73.1 Å². The molecule has 0 radical (unpaired) electrons. The molecule has 0 amide bonds. The van der Waals surface area contributed by atoms with Crippen LogP contribution in [0.25, 0.3) is 169 Å². The number of rotatable bonds is 16. The summed E-state index contributed by atoms with van der Waals surface area (Å²) in [6.45, 7) is 0. The number of para-hydroxylation sites is 5. The zero-order valence-corrected chi connectivity index (χ0v) is 78.0. The van der Waals surface area contributed by atoms with E-state index >= 15 is 0 Å². The van der Waals surface area contributed by atoms with Gasteiger partial charge in [0.05, 0.1) is 34.1 Å². The highest BCUT2D eigenvalue weighted by molar-refractivity contribution is 6.07. The number of benzene rings is 20. The second kappa shape index (κ2) is 38.4. The van der Waals surface area contributed by atoms with E-state index < -0.39 is 0 Å². The van der Waals surface area contributed by atoms with Crippen molar-refractivity contribution in [1.82, 2.24) is 44.9 Å². The topological polar surface area (TPSA) is 167 Å². The maximum Gasteiger partial charge on any atom is 0.164 e. The number of hydrogen-bond donors (Lipinski definition) is 0. The molecule has 0 saturated carbocycles. The van der Waals surface area contributed by atoms with Gasteiger partial charge in [-0.05, 0) is 208 Å². The Bertz CT molecular complexity index is 8610. The smallest absolute Gasteiger partial charge is 0.164 e. The Morgan fingerprint density at radius 3 is 0.607 bits per heavy atom. The molecule has 0 N–H and O–H groups in total. The van der Waals surface area contributed by atoms with Gasteiger partial charge in [-0.1, -0.05) is 346 Å².